The van der Waals surface area contributed by atoms with Crippen molar-refractivity contribution in [2.75, 3.05) is 6.54 Å². The summed E-state index contributed by atoms with van der Waals surface area (Å²) in [6.45, 7) is 5.01. The number of thiophene rings is 1. The molecule has 6 heteroatoms. The van der Waals surface area contributed by atoms with Gasteiger partial charge >= 0.3 is 0 Å². The molecule has 3 heterocycles. The second-order valence-electron chi connectivity index (χ2n) is 5.03. The summed E-state index contributed by atoms with van der Waals surface area (Å²) in [5.74, 6) is 1.62. The standard InChI is InChI=1S/C15H19N5S/c1-3-7-16-14-15-19-11(2)6-8-18-20(15)12(10-17-14)13-5-4-9-21-13/h4-5,8-11H,3,6-7H2,1-2H3,(H,16,17). The second kappa shape index (κ2) is 6.22. The molecule has 0 amide bonds. The number of nitrogens with one attached hydrogen (secondary N) is 1. The van der Waals surface area contributed by atoms with Gasteiger partial charge in [-0.2, -0.15) is 5.10 Å². The van der Waals surface area contributed by atoms with Crippen LogP contribution < -0.4 is 5.32 Å². The third kappa shape index (κ3) is 2.90. The number of hydrogen-bond donors (Lipinski definition) is 1. The van der Waals surface area contributed by atoms with Crippen LogP contribution in [0, 0.1) is 0 Å². The SMILES string of the molecule is CCCN=C1NC=C(c2cccs2)N2N=CCC(C)N=C12. The molecule has 1 aromatic heterocycles. The average molecular weight is 301 g/mol. The maximum atomic E-state index is 4.78. The molecule has 0 saturated carbocycles. The molecule has 1 unspecified atom stereocenters. The van der Waals surface area contributed by atoms with Gasteiger partial charge in [-0.3, -0.25) is 9.98 Å². The van der Waals surface area contributed by atoms with Crippen molar-refractivity contribution in [3.8, 4) is 0 Å². The summed E-state index contributed by atoms with van der Waals surface area (Å²) in [7, 11) is 0. The Balaban J connectivity index is 2.03. The lowest BCUT2D eigenvalue weighted by Crippen LogP contribution is -2.43. The molecule has 1 N–H and O–H groups in total. The van der Waals surface area contributed by atoms with Crippen LogP contribution in [0.1, 0.15) is 31.6 Å². The van der Waals surface area contributed by atoms with Crippen LogP contribution in [0.2, 0.25) is 0 Å². The lowest BCUT2D eigenvalue weighted by atomic mass is 10.2. The summed E-state index contributed by atoms with van der Waals surface area (Å²) in [4.78, 5) is 10.5. The smallest absolute Gasteiger partial charge is 0.192 e. The van der Waals surface area contributed by atoms with E-state index in [9.17, 15) is 0 Å². The molecule has 5 nitrogen and oxygen atoms in total. The van der Waals surface area contributed by atoms with Gasteiger partial charge in [0.2, 0.25) is 0 Å². The Hall–Kier alpha value is -1.95. The van der Waals surface area contributed by atoms with Crippen LogP contribution in [0.15, 0.2) is 38.8 Å². The fourth-order valence-electron chi connectivity index (χ4n) is 2.19. The molecular formula is C15H19N5S. The van der Waals surface area contributed by atoms with Crippen molar-refractivity contribution in [3.63, 3.8) is 0 Å². The second-order valence-corrected chi connectivity index (χ2v) is 5.98. The van der Waals surface area contributed by atoms with Crippen LogP contribution in [-0.2, 0) is 0 Å². The first-order valence-electron chi connectivity index (χ1n) is 7.25. The highest BCUT2D eigenvalue weighted by Gasteiger charge is 2.28. The van der Waals surface area contributed by atoms with Crippen LogP contribution in [0.3, 0.4) is 0 Å². The van der Waals surface area contributed by atoms with E-state index in [1.165, 1.54) is 0 Å². The normalized spacial score (nSPS) is 23.2. The minimum absolute atomic E-state index is 0.213. The summed E-state index contributed by atoms with van der Waals surface area (Å²) >= 11 is 1.69. The first-order chi connectivity index (χ1) is 10.3. The number of nitrogens with zero attached hydrogens (tertiary/aromatic N) is 4. The van der Waals surface area contributed by atoms with E-state index >= 15 is 0 Å². The molecule has 0 aliphatic carbocycles. The molecule has 0 fully saturated rings. The molecule has 1 aromatic rings. The predicted molar refractivity (Wildman–Crippen MR) is 89.9 cm³/mol. The maximum Gasteiger partial charge on any atom is 0.192 e. The molecule has 110 valence electrons. The van der Waals surface area contributed by atoms with E-state index in [0.29, 0.717) is 0 Å². The van der Waals surface area contributed by atoms with E-state index in [1.54, 1.807) is 11.3 Å². The summed E-state index contributed by atoms with van der Waals surface area (Å²) in [6.07, 6.45) is 5.76. The molecule has 2 aliphatic rings. The lowest BCUT2D eigenvalue weighted by molar-refractivity contribution is 0.629. The number of aliphatic imine (C=N–C) groups is 2. The summed E-state index contributed by atoms with van der Waals surface area (Å²) in [6, 6.07) is 4.35. The molecular weight excluding hydrogens is 282 g/mol. The van der Waals surface area contributed by atoms with Gasteiger partial charge in [-0.1, -0.05) is 13.0 Å². The summed E-state index contributed by atoms with van der Waals surface area (Å²) in [5, 5.41) is 11.8. The van der Waals surface area contributed by atoms with Crippen molar-refractivity contribution in [2.24, 2.45) is 15.1 Å². The van der Waals surface area contributed by atoms with Crippen molar-refractivity contribution in [1.29, 1.82) is 0 Å². The van der Waals surface area contributed by atoms with Crippen molar-refractivity contribution in [1.82, 2.24) is 10.3 Å². The molecule has 0 saturated heterocycles. The van der Waals surface area contributed by atoms with Gasteiger partial charge in [0.25, 0.3) is 0 Å². The highest BCUT2D eigenvalue weighted by atomic mass is 32.1. The number of hydrazone groups is 1. The van der Waals surface area contributed by atoms with Gasteiger partial charge in [0.1, 0.15) is 5.70 Å². The molecule has 0 radical (unpaired) electrons. The van der Waals surface area contributed by atoms with E-state index in [4.69, 9.17) is 4.99 Å². The Morgan fingerprint density at radius 1 is 1.52 bits per heavy atom. The highest BCUT2D eigenvalue weighted by molar-refractivity contribution is 7.11. The van der Waals surface area contributed by atoms with E-state index in [2.05, 4.69) is 40.7 Å². The molecule has 21 heavy (non-hydrogen) atoms. The fourth-order valence-corrected chi connectivity index (χ4v) is 2.92. The topological polar surface area (TPSA) is 52.4 Å². The first-order valence-corrected chi connectivity index (χ1v) is 8.13. The van der Waals surface area contributed by atoms with Gasteiger partial charge in [0.05, 0.1) is 10.9 Å². The maximum absolute atomic E-state index is 4.78. The zero-order valence-electron chi connectivity index (χ0n) is 12.3. The highest BCUT2D eigenvalue weighted by Crippen LogP contribution is 2.27. The predicted octanol–water partition coefficient (Wildman–Crippen LogP) is 2.94. The van der Waals surface area contributed by atoms with Gasteiger partial charge in [0.15, 0.2) is 11.7 Å². The summed E-state index contributed by atoms with van der Waals surface area (Å²) in [5.41, 5.74) is 1.02. The van der Waals surface area contributed by atoms with Crippen LogP contribution in [0.5, 0.6) is 0 Å². The third-order valence-electron chi connectivity index (χ3n) is 3.24. The molecule has 0 aromatic carbocycles. The van der Waals surface area contributed by atoms with Gasteiger partial charge in [-0.25, -0.2) is 5.01 Å². The first kappa shape index (κ1) is 14.0. The molecule has 2 aliphatic heterocycles. The molecule has 0 spiro atoms. The van der Waals surface area contributed by atoms with Crippen LogP contribution >= 0.6 is 11.3 Å². The van der Waals surface area contributed by atoms with Gasteiger partial charge in [-0.15, -0.1) is 11.3 Å². The van der Waals surface area contributed by atoms with Crippen LogP contribution in [0.4, 0.5) is 0 Å². The largest absolute Gasteiger partial charge is 0.342 e. The zero-order chi connectivity index (χ0) is 14.7. The Labute approximate surface area is 128 Å². The van der Waals surface area contributed by atoms with Crippen LogP contribution in [0.25, 0.3) is 5.70 Å². The Morgan fingerprint density at radius 3 is 3.19 bits per heavy atom. The molecule has 3 rings (SSSR count). The fraction of sp³-hybridized carbons (Fsp3) is 0.400. The summed E-state index contributed by atoms with van der Waals surface area (Å²) < 4.78 is 0. The lowest BCUT2D eigenvalue weighted by Gasteiger charge is -2.27. The Morgan fingerprint density at radius 2 is 2.43 bits per heavy atom. The number of fused-ring (bicyclic) bond motifs is 1. The third-order valence-corrected chi connectivity index (χ3v) is 4.13. The van der Waals surface area contributed by atoms with E-state index in [-0.39, 0.29) is 6.04 Å². The zero-order valence-corrected chi connectivity index (χ0v) is 13.1. The Kier molecular flexibility index (Phi) is 4.15. The monoisotopic (exact) mass is 301 g/mol. The number of hydrogen-bond acceptors (Lipinski definition) is 5. The van der Waals surface area contributed by atoms with E-state index in [0.717, 1.165) is 41.6 Å². The van der Waals surface area contributed by atoms with Crippen molar-refractivity contribution in [2.45, 2.75) is 32.7 Å². The molecule has 0 bridgehead atoms. The quantitative estimate of drug-likeness (QED) is 0.933. The van der Waals surface area contributed by atoms with Crippen molar-refractivity contribution >= 4 is 34.9 Å². The minimum atomic E-state index is 0.213. The van der Waals surface area contributed by atoms with Crippen molar-refractivity contribution in [3.05, 3.63) is 28.6 Å². The van der Waals surface area contributed by atoms with Crippen LogP contribution in [-0.4, -0.2) is 35.5 Å². The number of rotatable bonds is 3. The van der Waals surface area contributed by atoms with Gasteiger partial charge < -0.3 is 5.32 Å². The Bertz CT molecular complexity index is 612. The van der Waals surface area contributed by atoms with Gasteiger partial charge in [-0.05, 0) is 24.8 Å². The van der Waals surface area contributed by atoms with Crippen molar-refractivity contribution < 1.29 is 0 Å². The minimum Gasteiger partial charge on any atom is -0.342 e. The van der Waals surface area contributed by atoms with E-state index < -0.39 is 0 Å². The van der Waals surface area contributed by atoms with Gasteiger partial charge in [0, 0.05) is 25.4 Å². The average Bonchev–Trinajstić information content (AvgIpc) is 2.94. The van der Waals surface area contributed by atoms with E-state index in [1.807, 2.05) is 23.5 Å². The number of amidine groups is 2. The molecule has 1 atom stereocenters.